The summed E-state index contributed by atoms with van der Waals surface area (Å²) in [6, 6.07) is 4.11. The fraction of sp³-hybridized carbons (Fsp3) is 0.250. The largest absolute Gasteiger partial charge is 0.534 e. The van der Waals surface area contributed by atoms with Gasteiger partial charge in [0.1, 0.15) is 5.69 Å². The smallest absolute Gasteiger partial charge is 0.374 e. The zero-order valence-electron chi connectivity index (χ0n) is 11.8. The number of halogens is 4. The van der Waals surface area contributed by atoms with Crippen molar-refractivity contribution in [3.8, 4) is 5.75 Å². The van der Waals surface area contributed by atoms with Gasteiger partial charge in [-0.3, -0.25) is 0 Å². The van der Waals surface area contributed by atoms with Crippen molar-refractivity contribution < 1.29 is 40.0 Å². The molecular formula is C12H11F4NO5S. The lowest BCUT2D eigenvalue weighted by molar-refractivity contribution is -0.0794. The molecule has 0 fully saturated rings. The molecule has 2 aromatic heterocycles. The van der Waals surface area contributed by atoms with E-state index in [-0.39, 0.29) is 11.2 Å². The number of hydrogen-bond acceptors (Lipinski definition) is 5. The first kappa shape index (κ1) is 18.7. The van der Waals surface area contributed by atoms with Crippen LogP contribution in [0.4, 0.5) is 17.7 Å². The molecule has 0 radical (unpaired) electrons. The number of fused-ring (bicyclic) bond motifs is 1. The molecule has 0 aliphatic carbocycles. The number of hydrogen-bond donors (Lipinski definition) is 0. The van der Waals surface area contributed by atoms with Gasteiger partial charge >= 0.3 is 21.6 Å². The molecule has 0 unspecified atom stereocenters. The maximum atomic E-state index is 12.3. The number of carbonyl (C=O) groups excluding carboxylic acids is 1. The minimum absolute atomic E-state index is 0.189. The Morgan fingerprint density at radius 2 is 1.78 bits per heavy atom. The van der Waals surface area contributed by atoms with Crippen LogP contribution in [0.15, 0.2) is 30.5 Å². The molecule has 11 heteroatoms. The van der Waals surface area contributed by atoms with E-state index in [2.05, 4.69) is 9.12 Å². The highest BCUT2D eigenvalue weighted by Crippen LogP contribution is 2.30. The summed E-state index contributed by atoms with van der Waals surface area (Å²) in [7, 11) is -5.86. The average molecular weight is 357 g/mol. The van der Waals surface area contributed by atoms with Crippen molar-refractivity contribution in [1.82, 2.24) is 4.40 Å². The van der Waals surface area contributed by atoms with Gasteiger partial charge in [-0.05, 0) is 24.3 Å². The molecular weight excluding hydrogens is 346 g/mol. The predicted octanol–water partition coefficient (Wildman–Crippen LogP) is 3.24. The number of alkyl halides is 3. The first-order chi connectivity index (χ1) is 10.7. The van der Waals surface area contributed by atoms with E-state index in [1.807, 2.05) is 13.8 Å². The molecule has 2 heterocycles. The van der Waals surface area contributed by atoms with Crippen molar-refractivity contribution >= 4 is 21.6 Å². The second-order valence-electron chi connectivity index (χ2n) is 3.69. The van der Waals surface area contributed by atoms with E-state index in [4.69, 9.17) is 0 Å². The summed E-state index contributed by atoms with van der Waals surface area (Å²) in [5.41, 5.74) is -6.16. The Morgan fingerprint density at radius 3 is 2.30 bits per heavy atom. The third-order valence-corrected chi connectivity index (χ3v) is 3.38. The van der Waals surface area contributed by atoms with Crippen LogP contribution in [-0.2, 0) is 15.1 Å². The van der Waals surface area contributed by atoms with Crippen molar-refractivity contribution in [2.75, 3.05) is 0 Å². The maximum absolute atomic E-state index is 12.3. The number of rotatable bonds is 3. The van der Waals surface area contributed by atoms with Gasteiger partial charge in [-0.25, -0.2) is 9.74 Å². The highest BCUT2D eigenvalue weighted by molar-refractivity contribution is 7.88. The summed E-state index contributed by atoms with van der Waals surface area (Å²) in [5.74, 6) is -2.07. The molecule has 0 saturated carbocycles. The van der Waals surface area contributed by atoms with E-state index in [9.17, 15) is 30.9 Å². The molecule has 0 amide bonds. The number of aromatic nitrogens is 1. The molecule has 0 spiro atoms. The predicted molar refractivity (Wildman–Crippen MR) is 70.9 cm³/mol. The summed E-state index contributed by atoms with van der Waals surface area (Å²) >= 11 is 0. The van der Waals surface area contributed by atoms with Crippen LogP contribution >= 0.6 is 0 Å². The minimum atomic E-state index is -5.86. The van der Waals surface area contributed by atoms with Gasteiger partial charge in [-0.1, -0.05) is 13.8 Å². The molecule has 2 rings (SSSR count). The second-order valence-corrected chi connectivity index (χ2v) is 5.23. The van der Waals surface area contributed by atoms with Gasteiger partial charge in [0.15, 0.2) is 5.75 Å². The van der Waals surface area contributed by atoms with E-state index in [1.54, 1.807) is 0 Å². The lowest BCUT2D eigenvalue weighted by Gasteiger charge is -2.11. The summed E-state index contributed by atoms with van der Waals surface area (Å²) in [6.45, 7) is 4.00. The number of carbonyl (C=O) groups is 1. The van der Waals surface area contributed by atoms with Crippen molar-refractivity contribution in [3.05, 3.63) is 36.2 Å². The van der Waals surface area contributed by atoms with E-state index < -0.39 is 27.3 Å². The van der Waals surface area contributed by atoms with Crippen molar-refractivity contribution in [2.24, 2.45) is 0 Å². The van der Waals surface area contributed by atoms with Gasteiger partial charge in [-0.2, -0.15) is 21.6 Å². The van der Waals surface area contributed by atoms with Gasteiger partial charge in [0, 0.05) is 10.7 Å². The molecule has 23 heavy (non-hydrogen) atoms. The van der Waals surface area contributed by atoms with Crippen LogP contribution in [0.25, 0.3) is 5.52 Å². The van der Waals surface area contributed by atoms with Crippen LogP contribution in [-0.4, -0.2) is 24.3 Å². The summed E-state index contributed by atoms with van der Waals surface area (Å²) in [4.78, 5) is 14.1. The van der Waals surface area contributed by atoms with Crippen LogP contribution < -0.4 is 4.18 Å². The maximum Gasteiger partial charge on any atom is 0.534 e. The molecule has 0 atom stereocenters. The van der Waals surface area contributed by atoms with Crippen LogP contribution in [0, 0.1) is 0 Å². The van der Waals surface area contributed by atoms with Crippen LogP contribution in [0.3, 0.4) is 0 Å². The van der Waals surface area contributed by atoms with Crippen LogP contribution in [0.1, 0.15) is 24.3 Å². The molecule has 2 aromatic rings. The highest BCUT2D eigenvalue weighted by atomic mass is 32.2. The Bertz CT molecular complexity index is 797. The quantitative estimate of drug-likeness (QED) is 0.479. The summed E-state index contributed by atoms with van der Waals surface area (Å²) in [6.07, 6.45) is 1.19. The number of nitrogens with zero attached hydrogens (tertiary/aromatic N) is 1. The van der Waals surface area contributed by atoms with E-state index >= 15 is 0 Å². The average Bonchev–Trinajstić information content (AvgIpc) is 2.97. The van der Waals surface area contributed by atoms with Gasteiger partial charge < -0.3 is 8.58 Å². The molecule has 128 valence electrons. The van der Waals surface area contributed by atoms with E-state index in [0.29, 0.717) is 0 Å². The molecule has 6 nitrogen and oxygen atoms in total. The van der Waals surface area contributed by atoms with Crippen molar-refractivity contribution in [3.63, 3.8) is 0 Å². The van der Waals surface area contributed by atoms with E-state index in [0.717, 1.165) is 16.5 Å². The fourth-order valence-electron chi connectivity index (χ4n) is 1.55. The first-order valence-electron chi connectivity index (χ1n) is 6.11. The zero-order chi connectivity index (χ0) is 17.8. The van der Waals surface area contributed by atoms with Gasteiger partial charge in [0.05, 0.1) is 5.52 Å². The molecule has 0 bridgehead atoms. The lowest BCUT2D eigenvalue weighted by atomic mass is 10.3. The zero-order valence-corrected chi connectivity index (χ0v) is 12.6. The lowest BCUT2D eigenvalue weighted by Crippen LogP contribution is -2.28. The standard InChI is InChI=1S/C10H5F4NO5S.C2H6/c11-10(12,13)21(17,18)20-8-4-3-7(9(16)19-14)15-5-1-2-6(8)15;1-2/h1-5H;1-2H3. The Hall–Kier alpha value is -2.30. The highest BCUT2D eigenvalue weighted by Gasteiger charge is 2.48. The molecule has 0 aromatic carbocycles. The molecule has 0 aliphatic rings. The SMILES string of the molecule is CC.O=C(OF)c1ccc(OS(=O)(=O)C(F)(F)F)c2cccn12. The van der Waals surface area contributed by atoms with Gasteiger partial charge in [0.25, 0.3) is 0 Å². The monoisotopic (exact) mass is 357 g/mol. The van der Waals surface area contributed by atoms with Crippen LogP contribution in [0.5, 0.6) is 5.75 Å². The third-order valence-electron chi connectivity index (χ3n) is 2.42. The fourth-order valence-corrected chi connectivity index (χ4v) is 2.03. The normalized spacial score (nSPS) is 11.6. The summed E-state index contributed by atoms with van der Waals surface area (Å²) < 4.78 is 75.5. The van der Waals surface area contributed by atoms with E-state index in [1.165, 1.54) is 18.3 Å². The number of pyridine rings is 1. The van der Waals surface area contributed by atoms with Crippen molar-refractivity contribution in [1.29, 1.82) is 0 Å². The third kappa shape index (κ3) is 3.73. The Labute approximate surface area is 128 Å². The van der Waals surface area contributed by atoms with Crippen molar-refractivity contribution in [2.45, 2.75) is 19.4 Å². The summed E-state index contributed by atoms with van der Waals surface area (Å²) in [5, 5.41) is 0. The minimum Gasteiger partial charge on any atom is -0.374 e. The Kier molecular flexibility index (Phi) is 5.59. The molecule has 0 aliphatic heterocycles. The van der Waals surface area contributed by atoms with Gasteiger partial charge in [-0.15, -0.1) is 0 Å². The van der Waals surface area contributed by atoms with Gasteiger partial charge in [0.2, 0.25) is 0 Å². The Morgan fingerprint density at radius 1 is 1.17 bits per heavy atom. The topological polar surface area (TPSA) is 74.1 Å². The molecule has 0 N–H and O–H groups in total. The second kappa shape index (κ2) is 6.86. The first-order valence-corrected chi connectivity index (χ1v) is 7.52. The molecule has 0 saturated heterocycles. The Balaban J connectivity index is 0.00000127. The van der Waals surface area contributed by atoms with Crippen LogP contribution in [0.2, 0.25) is 0 Å².